The highest BCUT2D eigenvalue weighted by molar-refractivity contribution is 7.89. The smallest absolute Gasteiger partial charge is 0.260 e. The molecule has 1 aliphatic rings. The summed E-state index contributed by atoms with van der Waals surface area (Å²) < 4.78 is 26.9. The lowest BCUT2D eigenvalue weighted by Gasteiger charge is -2.44. The largest absolute Gasteiger partial charge is 0.316 e. The van der Waals surface area contributed by atoms with Crippen molar-refractivity contribution in [2.45, 2.75) is 31.0 Å². The van der Waals surface area contributed by atoms with Crippen molar-refractivity contribution in [1.29, 1.82) is 0 Å². The molecule has 1 aromatic rings. The maximum Gasteiger partial charge on any atom is 0.260 e. The Labute approximate surface area is 127 Å². The Balaban J connectivity index is 2.22. The van der Waals surface area contributed by atoms with E-state index in [4.69, 9.17) is 0 Å². The average Bonchev–Trinajstić information content (AvgIpc) is 2.42. The zero-order valence-corrected chi connectivity index (χ0v) is 13.9. The molecule has 118 valence electrons. The average molecular weight is 312 g/mol. The van der Waals surface area contributed by atoms with Crippen LogP contribution in [0.3, 0.4) is 0 Å². The molecule has 0 radical (unpaired) electrons. The minimum atomic E-state index is -3.51. The maximum absolute atomic E-state index is 12.7. The highest BCUT2D eigenvalue weighted by atomic mass is 32.2. The lowest BCUT2D eigenvalue weighted by Crippen LogP contribution is -2.58. The molecular weight excluding hydrogens is 288 g/mol. The summed E-state index contributed by atoms with van der Waals surface area (Å²) in [6.45, 7) is 6.49. The third-order valence-corrected chi connectivity index (χ3v) is 5.83. The van der Waals surface area contributed by atoms with Gasteiger partial charge >= 0.3 is 0 Å². The van der Waals surface area contributed by atoms with Crippen LogP contribution in [0.5, 0.6) is 0 Å². The molecule has 1 fully saturated rings. The number of rotatable bonds is 4. The Morgan fingerprint density at radius 2 is 2.05 bits per heavy atom. The fraction of sp³-hybridized carbons (Fsp3) is 0.643. The van der Waals surface area contributed by atoms with Crippen LogP contribution in [0.1, 0.15) is 19.4 Å². The van der Waals surface area contributed by atoms with Gasteiger partial charge in [-0.1, -0.05) is 6.07 Å². The second-order valence-corrected chi connectivity index (χ2v) is 7.99. The third-order valence-electron chi connectivity index (χ3n) is 4.06. The molecule has 7 heteroatoms. The number of hydrogen-bond acceptors (Lipinski definition) is 5. The Bertz CT molecular complexity index is 583. The number of piperazine rings is 1. The van der Waals surface area contributed by atoms with Crippen LogP contribution in [0.25, 0.3) is 0 Å². The molecule has 0 atom stereocenters. The first kappa shape index (κ1) is 16.4. The molecule has 0 bridgehead atoms. The van der Waals surface area contributed by atoms with Crippen molar-refractivity contribution in [3.63, 3.8) is 0 Å². The monoisotopic (exact) mass is 312 g/mol. The molecule has 0 unspecified atom stereocenters. The summed E-state index contributed by atoms with van der Waals surface area (Å²) in [6.07, 6.45) is 1.62. The van der Waals surface area contributed by atoms with E-state index in [-0.39, 0.29) is 10.6 Å². The quantitative estimate of drug-likeness (QED) is 0.878. The summed E-state index contributed by atoms with van der Waals surface area (Å²) in [7, 11) is 0.354. The molecule has 0 aromatic carbocycles. The van der Waals surface area contributed by atoms with Crippen molar-refractivity contribution in [1.82, 2.24) is 19.5 Å². The predicted octanol–water partition coefficient (Wildman–Crippen LogP) is 0.516. The minimum Gasteiger partial charge on any atom is -0.316 e. The van der Waals surface area contributed by atoms with Crippen LogP contribution in [-0.2, 0) is 16.6 Å². The van der Waals surface area contributed by atoms with Crippen LogP contribution in [0.4, 0.5) is 0 Å². The summed E-state index contributed by atoms with van der Waals surface area (Å²) in [6, 6.07) is 3.39. The van der Waals surface area contributed by atoms with Gasteiger partial charge in [-0.3, -0.25) is 4.90 Å². The van der Waals surface area contributed by atoms with Crippen LogP contribution in [0, 0.1) is 0 Å². The van der Waals surface area contributed by atoms with E-state index in [2.05, 4.69) is 29.0 Å². The van der Waals surface area contributed by atoms with Crippen LogP contribution >= 0.6 is 0 Å². The molecule has 0 amide bonds. The van der Waals surface area contributed by atoms with Crippen molar-refractivity contribution < 1.29 is 8.42 Å². The van der Waals surface area contributed by atoms with E-state index in [1.165, 1.54) is 4.31 Å². The van der Waals surface area contributed by atoms with E-state index >= 15 is 0 Å². The van der Waals surface area contributed by atoms with E-state index in [9.17, 15) is 8.42 Å². The summed E-state index contributed by atoms with van der Waals surface area (Å²) in [5.74, 6) is 0. The number of hydrogen-bond donors (Lipinski definition) is 1. The number of sulfonamides is 1. The molecule has 0 saturated carbocycles. The standard InChI is InChI=1S/C14H24N4O2S/c1-14(2)11-18(8-7-17(14)4)21(19,20)13-6-5-12(9-15-3)10-16-13/h5-6,10,15H,7-9,11H2,1-4H3. The number of aromatic nitrogens is 1. The first-order chi connectivity index (χ1) is 9.77. The van der Waals surface area contributed by atoms with Gasteiger partial charge in [-0.15, -0.1) is 0 Å². The van der Waals surface area contributed by atoms with Gasteiger partial charge in [0.15, 0.2) is 5.03 Å². The molecule has 6 nitrogen and oxygen atoms in total. The van der Waals surface area contributed by atoms with Crippen LogP contribution in [0.15, 0.2) is 23.4 Å². The molecule has 1 saturated heterocycles. The fourth-order valence-corrected chi connectivity index (χ4v) is 3.90. The van der Waals surface area contributed by atoms with Gasteiger partial charge < -0.3 is 5.32 Å². The predicted molar refractivity (Wildman–Crippen MR) is 82.5 cm³/mol. The van der Waals surface area contributed by atoms with E-state index in [1.807, 2.05) is 14.1 Å². The summed E-state index contributed by atoms with van der Waals surface area (Å²) in [5, 5.41) is 3.14. The van der Waals surface area contributed by atoms with E-state index in [0.717, 1.165) is 12.1 Å². The second kappa shape index (κ2) is 6.00. The van der Waals surface area contributed by atoms with Crippen LogP contribution in [-0.4, -0.2) is 61.9 Å². The minimum absolute atomic E-state index is 0.128. The van der Waals surface area contributed by atoms with Crippen molar-refractivity contribution in [2.24, 2.45) is 0 Å². The maximum atomic E-state index is 12.7. The molecule has 2 heterocycles. The highest BCUT2D eigenvalue weighted by Crippen LogP contribution is 2.24. The fourth-order valence-electron chi connectivity index (χ4n) is 2.41. The normalized spacial score (nSPS) is 20.6. The molecule has 21 heavy (non-hydrogen) atoms. The molecular formula is C14H24N4O2S. The number of nitrogens with one attached hydrogen (secondary N) is 1. The van der Waals surface area contributed by atoms with Crippen molar-refractivity contribution in [3.05, 3.63) is 23.9 Å². The van der Waals surface area contributed by atoms with E-state index < -0.39 is 10.0 Å². The molecule has 1 aliphatic heterocycles. The summed E-state index contributed by atoms with van der Waals surface area (Å²) in [4.78, 5) is 6.31. The molecule has 0 aliphatic carbocycles. The van der Waals surface area contributed by atoms with Gasteiger partial charge in [0.2, 0.25) is 0 Å². The molecule has 1 N–H and O–H groups in total. The van der Waals surface area contributed by atoms with Crippen LogP contribution in [0.2, 0.25) is 0 Å². The van der Waals surface area contributed by atoms with Gasteiger partial charge in [0.05, 0.1) is 0 Å². The van der Waals surface area contributed by atoms with Crippen molar-refractivity contribution in [3.8, 4) is 0 Å². The summed E-state index contributed by atoms with van der Waals surface area (Å²) >= 11 is 0. The van der Waals surface area contributed by atoms with Crippen LogP contribution < -0.4 is 5.32 Å². The van der Waals surface area contributed by atoms with Crippen molar-refractivity contribution in [2.75, 3.05) is 33.7 Å². The van der Waals surface area contributed by atoms with E-state index in [1.54, 1.807) is 18.3 Å². The zero-order chi connectivity index (χ0) is 15.7. The number of likely N-dealkylation sites (N-methyl/N-ethyl adjacent to an activating group) is 1. The Hall–Kier alpha value is -1.02. The van der Waals surface area contributed by atoms with Gasteiger partial charge in [-0.2, -0.15) is 4.31 Å². The topological polar surface area (TPSA) is 65.5 Å². The highest BCUT2D eigenvalue weighted by Gasteiger charge is 2.37. The van der Waals surface area contributed by atoms with E-state index in [0.29, 0.717) is 19.6 Å². The third kappa shape index (κ3) is 3.42. The zero-order valence-electron chi connectivity index (χ0n) is 13.1. The van der Waals surface area contributed by atoms with Gasteiger partial charge in [-0.25, -0.2) is 13.4 Å². The first-order valence-corrected chi connectivity index (χ1v) is 8.52. The molecule has 1 aromatic heterocycles. The molecule has 0 spiro atoms. The SMILES string of the molecule is CNCc1ccc(S(=O)(=O)N2CCN(C)C(C)(C)C2)nc1. The van der Waals surface area contributed by atoms with Crippen molar-refractivity contribution >= 4 is 10.0 Å². The van der Waals surface area contributed by atoms with Gasteiger partial charge in [0, 0.05) is 37.9 Å². The van der Waals surface area contributed by atoms with Gasteiger partial charge in [0.25, 0.3) is 10.0 Å². The Kier molecular flexibility index (Phi) is 4.67. The Morgan fingerprint density at radius 3 is 2.57 bits per heavy atom. The molecule has 2 rings (SSSR count). The summed E-state index contributed by atoms with van der Waals surface area (Å²) in [5.41, 5.74) is 0.798. The first-order valence-electron chi connectivity index (χ1n) is 7.08. The van der Waals surface area contributed by atoms with Gasteiger partial charge in [0.1, 0.15) is 0 Å². The second-order valence-electron chi connectivity index (χ2n) is 6.11. The number of nitrogens with zero attached hydrogens (tertiary/aromatic N) is 3. The lowest BCUT2D eigenvalue weighted by atomic mass is 10.0. The lowest BCUT2D eigenvalue weighted by molar-refractivity contribution is 0.0800. The Morgan fingerprint density at radius 1 is 1.33 bits per heavy atom. The number of pyridine rings is 1. The van der Waals surface area contributed by atoms with Gasteiger partial charge in [-0.05, 0) is 39.6 Å².